The highest BCUT2D eigenvalue weighted by molar-refractivity contribution is 5.91. The van der Waals surface area contributed by atoms with Crippen molar-refractivity contribution in [3.63, 3.8) is 0 Å². The van der Waals surface area contributed by atoms with Gasteiger partial charge in [0.25, 0.3) is 0 Å². The van der Waals surface area contributed by atoms with Crippen LogP contribution >= 0.6 is 0 Å². The van der Waals surface area contributed by atoms with Gasteiger partial charge in [-0.15, -0.1) is 0 Å². The van der Waals surface area contributed by atoms with Gasteiger partial charge in [-0.25, -0.2) is 0 Å². The van der Waals surface area contributed by atoms with Gasteiger partial charge < -0.3 is 4.74 Å². The molecule has 0 aromatic heterocycles. The molecule has 161 valence electrons. The Kier molecular flexibility index (Phi) is 6.48. The molecule has 1 aliphatic heterocycles. The first-order valence-electron chi connectivity index (χ1n) is 11.7. The molecule has 0 bridgehead atoms. The fraction of sp³-hybridized carbons (Fsp3) is 0.593. The number of hydrogen-bond donors (Lipinski definition) is 0. The molecule has 2 fully saturated rings. The van der Waals surface area contributed by atoms with Gasteiger partial charge in [0, 0.05) is 17.8 Å². The summed E-state index contributed by atoms with van der Waals surface area (Å²) < 4.78 is 6.55. The van der Waals surface area contributed by atoms with Gasteiger partial charge in [-0.2, -0.15) is 0 Å². The Morgan fingerprint density at radius 3 is 2.27 bits per heavy atom. The number of fused-ring (bicyclic) bond motifs is 1. The summed E-state index contributed by atoms with van der Waals surface area (Å²) in [6.07, 6.45) is 9.20. The van der Waals surface area contributed by atoms with Crippen LogP contribution in [0.25, 0.3) is 10.8 Å². The Labute approximate surface area is 181 Å². The monoisotopic (exact) mass is 406 g/mol. The molecule has 30 heavy (non-hydrogen) atoms. The number of ether oxygens (including phenoxy) is 1. The van der Waals surface area contributed by atoms with Gasteiger partial charge in [0.2, 0.25) is 6.29 Å². The van der Waals surface area contributed by atoms with E-state index in [1.54, 1.807) is 0 Å². The van der Waals surface area contributed by atoms with E-state index >= 15 is 0 Å². The number of carbonyl (C=O) groups excluding carboxylic acids is 1. The third-order valence-electron chi connectivity index (χ3n) is 7.31. The normalized spacial score (nSPS) is 24.1. The third kappa shape index (κ3) is 4.88. The van der Waals surface area contributed by atoms with Crippen LogP contribution in [0.3, 0.4) is 0 Å². The molecule has 4 rings (SSSR count). The van der Waals surface area contributed by atoms with Gasteiger partial charge in [0.15, 0.2) is 0 Å². The molecule has 2 aromatic carbocycles. The van der Waals surface area contributed by atoms with E-state index in [0.717, 1.165) is 57.0 Å². The highest BCUT2D eigenvalue weighted by Gasteiger charge is 2.30. The smallest absolute Gasteiger partial charge is 0.201 e. The number of benzene rings is 2. The number of rotatable bonds is 5. The minimum Gasteiger partial charge on any atom is -0.490 e. The second-order valence-electron chi connectivity index (χ2n) is 10.4. The molecule has 3 nitrogen and oxygen atoms in total. The molecule has 3 heteroatoms. The Balaban J connectivity index is 1.46. The predicted octanol–water partition coefficient (Wildman–Crippen LogP) is 6.15. The van der Waals surface area contributed by atoms with Crippen LogP contribution in [0, 0.1) is 17.3 Å². The molecule has 1 aliphatic carbocycles. The quantitative estimate of drug-likeness (QED) is 0.597. The highest BCUT2D eigenvalue weighted by Crippen LogP contribution is 2.39. The van der Waals surface area contributed by atoms with Gasteiger partial charge in [-0.3, -0.25) is 9.69 Å². The Bertz CT molecular complexity index is 853. The first kappa shape index (κ1) is 21.4. The van der Waals surface area contributed by atoms with Crippen molar-refractivity contribution in [2.24, 2.45) is 17.3 Å². The molecule has 1 saturated carbocycles. The van der Waals surface area contributed by atoms with Gasteiger partial charge in [-0.05, 0) is 80.0 Å². The lowest BCUT2D eigenvalue weighted by atomic mass is 9.72. The van der Waals surface area contributed by atoms with Crippen molar-refractivity contribution < 1.29 is 9.53 Å². The summed E-state index contributed by atoms with van der Waals surface area (Å²) in [6.45, 7) is 9.98. The maximum absolute atomic E-state index is 10.9. The second kappa shape index (κ2) is 9.09. The minimum atomic E-state index is 0.127. The Morgan fingerprint density at radius 2 is 1.60 bits per heavy atom. The zero-order chi connectivity index (χ0) is 21.1. The molecule has 2 aliphatic rings. The van der Waals surface area contributed by atoms with Crippen LogP contribution in [0.2, 0.25) is 0 Å². The van der Waals surface area contributed by atoms with Crippen LogP contribution in [0.1, 0.15) is 64.9 Å². The molecule has 0 amide bonds. The predicted molar refractivity (Wildman–Crippen MR) is 123 cm³/mol. The molecule has 0 spiro atoms. The number of hydrogen-bond acceptors (Lipinski definition) is 3. The van der Waals surface area contributed by atoms with E-state index in [2.05, 4.69) is 68.4 Å². The summed E-state index contributed by atoms with van der Waals surface area (Å²) in [4.78, 5) is 13.4. The summed E-state index contributed by atoms with van der Waals surface area (Å²) in [5, 5.41) is 2.52. The van der Waals surface area contributed by atoms with Crippen molar-refractivity contribution >= 4 is 17.1 Å². The third-order valence-corrected chi connectivity index (χ3v) is 7.31. The average Bonchev–Trinajstić information content (AvgIpc) is 2.75. The summed E-state index contributed by atoms with van der Waals surface area (Å²) in [7, 11) is 0. The molecule has 2 aromatic rings. The lowest BCUT2D eigenvalue weighted by Gasteiger charge is -2.37. The molecule has 1 saturated heterocycles. The highest BCUT2D eigenvalue weighted by atomic mass is 16.5. The molecule has 1 radical (unpaired) electrons. The van der Waals surface area contributed by atoms with Crippen LogP contribution in [0.15, 0.2) is 36.4 Å². The maximum atomic E-state index is 10.9. The fourth-order valence-electron chi connectivity index (χ4n) is 5.26. The van der Waals surface area contributed by atoms with E-state index in [9.17, 15) is 4.79 Å². The fourth-order valence-corrected chi connectivity index (χ4v) is 5.26. The molecular formula is C27H36NO2. The average molecular weight is 407 g/mol. The van der Waals surface area contributed by atoms with Crippen molar-refractivity contribution in [3.05, 3.63) is 42.0 Å². The summed E-state index contributed by atoms with van der Waals surface area (Å²) in [6, 6.07) is 13.1. The van der Waals surface area contributed by atoms with Crippen LogP contribution < -0.4 is 4.74 Å². The summed E-state index contributed by atoms with van der Waals surface area (Å²) >= 11 is 0. The van der Waals surface area contributed by atoms with Gasteiger partial charge >= 0.3 is 0 Å². The molecular weight excluding hydrogens is 370 g/mol. The van der Waals surface area contributed by atoms with Gasteiger partial charge in [0.05, 0.1) is 6.10 Å². The number of likely N-dealkylation sites (tertiary alicyclic amines) is 1. The van der Waals surface area contributed by atoms with Crippen molar-refractivity contribution in [2.45, 2.75) is 71.9 Å². The van der Waals surface area contributed by atoms with E-state index < -0.39 is 0 Å². The lowest BCUT2D eigenvalue weighted by Crippen LogP contribution is -2.33. The molecule has 0 N–H and O–H groups in total. The van der Waals surface area contributed by atoms with Crippen molar-refractivity contribution in [2.75, 3.05) is 13.1 Å². The van der Waals surface area contributed by atoms with Gasteiger partial charge in [-0.1, -0.05) is 51.1 Å². The standard InChI is InChI=1S/C27H36NO2/c1-27(2,3)22-10-12-23(13-11-22)30-26-9-5-7-24-21(6-4-8-25(24)26)18-28-16-14-20(19-29)15-17-28/h4-9,20,22-23H,10-18H2,1-3H3/t22-,23-. The Hall–Kier alpha value is -1.87. The largest absolute Gasteiger partial charge is 0.490 e. The van der Waals surface area contributed by atoms with Crippen molar-refractivity contribution in [1.82, 2.24) is 4.90 Å². The van der Waals surface area contributed by atoms with Crippen LogP contribution in [0.5, 0.6) is 5.75 Å². The zero-order valence-electron chi connectivity index (χ0n) is 18.8. The minimum absolute atomic E-state index is 0.127. The van der Waals surface area contributed by atoms with Crippen LogP contribution in [-0.4, -0.2) is 30.4 Å². The van der Waals surface area contributed by atoms with E-state index in [4.69, 9.17) is 4.74 Å². The molecule has 0 atom stereocenters. The van der Waals surface area contributed by atoms with Crippen molar-refractivity contribution in [3.8, 4) is 5.75 Å². The van der Waals surface area contributed by atoms with E-state index in [0.29, 0.717) is 11.5 Å². The first-order chi connectivity index (χ1) is 14.4. The molecule has 1 heterocycles. The number of piperidine rings is 1. The van der Waals surface area contributed by atoms with E-state index in [-0.39, 0.29) is 5.92 Å². The SMILES string of the molecule is CC(C)(C)[C@H]1CC[C@H](Oc2cccc3c(CN4CCC([C]=O)CC4)cccc23)CC1. The van der Waals surface area contributed by atoms with E-state index in [1.807, 2.05) is 0 Å². The van der Waals surface area contributed by atoms with E-state index in [1.165, 1.54) is 29.2 Å². The summed E-state index contributed by atoms with van der Waals surface area (Å²) in [5.74, 6) is 1.96. The topological polar surface area (TPSA) is 29.5 Å². The lowest BCUT2D eigenvalue weighted by molar-refractivity contribution is 0.0892. The second-order valence-corrected chi connectivity index (χ2v) is 10.4. The first-order valence-corrected chi connectivity index (χ1v) is 11.7. The number of nitrogens with zero attached hydrogens (tertiary/aromatic N) is 1. The van der Waals surface area contributed by atoms with Crippen LogP contribution in [-0.2, 0) is 11.3 Å². The maximum Gasteiger partial charge on any atom is 0.201 e. The zero-order valence-corrected chi connectivity index (χ0v) is 18.8. The summed E-state index contributed by atoms with van der Waals surface area (Å²) in [5.41, 5.74) is 1.75. The van der Waals surface area contributed by atoms with Gasteiger partial charge in [0.1, 0.15) is 5.75 Å². The van der Waals surface area contributed by atoms with Crippen molar-refractivity contribution in [1.29, 1.82) is 0 Å². The molecule has 0 unspecified atom stereocenters. The van der Waals surface area contributed by atoms with Crippen LogP contribution in [0.4, 0.5) is 0 Å². The Morgan fingerprint density at radius 1 is 0.933 bits per heavy atom.